The zero-order valence-electron chi connectivity index (χ0n) is 13.3. The molecule has 2 aromatic carbocycles. The number of hydrogen-bond donors (Lipinski definition) is 0. The number of halogens is 1. The molecular weight excluding hydrogens is 390 g/mol. The second-order valence-corrected chi connectivity index (χ2v) is 6.15. The molecule has 0 saturated heterocycles. The van der Waals surface area contributed by atoms with Gasteiger partial charge < -0.3 is 9.47 Å². The van der Waals surface area contributed by atoms with E-state index >= 15 is 0 Å². The molecule has 0 atom stereocenters. The highest BCUT2D eigenvalue weighted by molar-refractivity contribution is 9.10. The van der Waals surface area contributed by atoms with Gasteiger partial charge in [0.1, 0.15) is 12.4 Å². The zero-order valence-corrected chi connectivity index (χ0v) is 14.9. The number of carbonyl (C=O) groups excluding carboxylic acids is 3. The number of methoxy groups -OCH3 is 1. The molecular formula is C18H14BrNO5. The molecule has 3 rings (SSSR count). The maximum absolute atomic E-state index is 12.3. The SMILES string of the molecule is COC(=O)c1ccc(OCCN2C(=O)c3ccccc3C2=O)c(Br)c1. The van der Waals surface area contributed by atoms with Crippen LogP contribution in [0.4, 0.5) is 0 Å². The van der Waals surface area contributed by atoms with E-state index in [-0.39, 0.29) is 25.0 Å². The Morgan fingerprint density at radius 1 is 1.08 bits per heavy atom. The summed E-state index contributed by atoms with van der Waals surface area (Å²) in [6, 6.07) is 11.5. The molecule has 6 nitrogen and oxygen atoms in total. The molecule has 0 saturated carbocycles. The first-order valence-electron chi connectivity index (χ1n) is 7.49. The van der Waals surface area contributed by atoms with Crippen LogP contribution in [0.3, 0.4) is 0 Å². The second-order valence-electron chi connectivity index (χ2n) is 5.29. The summed E-state index contributed by atoms with van der Waals surface area (Å²) in [6.45, 7) is 0.277. The number of imide groups is 1. The molecule has 0 aliphatic carbocycles. The van der Waals surface area contributed by atoms with E-state index in [9.17, 15) is 14.4 Å². The van der Waals surface area contributed by atoms with Gasteiger partial charge in [-0.3, -0.25) is 14.5 Å². The fourth-order valence-corrected chi connectivity index (χ4v) is 3.05. The Hall–Kier alpha value is -2.67. The van der Waals surface area contributed by atoms with Gasteiger partial charge in [0.15, 0.2) is 0 Å². The van der Waals surface area contributed by atoms with Gasteiger partial charge in [-0.05, 0) is 46.3 Å². The van der Waals surface area contributed by atoms with Crippen molar-refractivity contribution in [2.45, 2.75) is 0 Å². The number of benzene rings is 2. The van der Waals surface area contributed by atoms with Gasteiger partial charge in [-0.1, -0.05) is 12.1 Å². The maximum atomic E-state index is 12.3. The topological polar surface area (TPSA) is 72.9 Å². The van der Waals surface area contributed by atoms with E-state index < -0.39 is 5.97 Å². The molecule has 0 N–H and O–H groups in total. The van der Waals surface area contributed by atoms with Crippen LogP contribution in [0.25, 0.3) is 0 Å². The van der Waals surface area contributed by atoms with Crippen LogP contribution in [-0.2, 0) is 4.74 Å². The van der Waals surface area contributed by atoms with Crippen molar-refractivity contribution < 1.29 is 23.9 Å². The molecule has 0 bridgehead atoms. The highest BCUT2D eigenvalue weighted by Gasteiger charge is 2.34. The molecule has 0 fully saturated rings. The van der Waals surface area contributed by atoms with Crippen LogP contribution in [-0.4, -0.2) is 42.9 Å². The van der Waals surface area contributed by atoms with Gasteiger partial charge in [0.05, 0.1) is 34.8 Å². The predicted octanol–water partition coefficient (Wildman–Crippen LogP) is 2.91. The van der Waals surface area contributed by atoms with E-state index in [1.807, 2.05) is 0 Å². The Balaban J connectivity index is 1.63. The van der Waals surface area contributed by atoms with Gasteiger partial charge >= 0.3 is 5.97 Å². The smallest absolute Gasteiger partial charge is 0.337 e. The lowest BCUT2D eigenvalue weighted by molar-refractivity contribution is 0.0595. The van der Waals surface area contributed by atoms with Crippen LogP contribution in [0.15, 0.2) is 46.9 Å². The van der Waals surface area contributed by atoms with Crippen LogP contribution in [0, 0.1) is 0 Å². The van der Waals surface area contributed by atoms with Crippen molar-refractivity contribution in [2.24, 2.45) is 0 Å². The van der Waals surface area contributed by atoms with E-state index in [0.717, 1.165) is 0 Å². The quantitative estimate of drug-likeness (QED) is 0.566. The third-order valence-corrected chi connectivity index (χ3v) is 4.42. The van der Waals surface area contributed by atoms with Gasteiger partial charge in [-0.25, -0.2) is 4.79 Å². The Morgan fingerprint density at radius 2 is 1.72 bits per heavy atom. The summed E-state index contributed by atoms with van der Waals surface area (Å²) in [6.07, 6.45) is 0. The summed E-state index contributed by atoms with van der Waals surface area (Å²) in [4.78, 5) is 37.2. The number of amides is 2. The fourth-order valence-electron chi connectivity index (χ4n) is 2.55. The molecule has 2 aromatic rings. The Kier molecular flexibility index (Phi) is 4.85. The Morgan fingerprint density at radius 3 is 2.28 bits per heavy atom. The van der Waals surface area contributed by atoms with Gasteiger partial charge in [0.2, 0.25) is 0 Å². The van der Waals surface area contributed by atoms with Crippen molar-refractivity contribution in [3.63, 3.8) is 0 Å². The highest BCUT2D eigenvalue weighted by atomic mass is 79.9. The van der Waals surface area contributed by atoms with Crippen molar-refractivity contribution in [1.29, 1.82) is 0 Å². The Bertz CT molecular complexity index is 829. The number of carbonyl (C=O) groups is 3. The first-order valence-corrected chi connectivity index (χ1v) is 8.28. The fraction of sp³-hybridized carbons (Fsp3) is 0.167. The van der Waals surface area contributed by atoms with Crippen LogP contribution < -0.4 is 4.74 Å². The van der Waals surface area contributed by atoms with Crippen molar-refractivity contribution >= 4 is 33.7 Å². The van der Waals surface area contributed by atoms with Gasteiger partial charge in [-0.15, -0.1) is 0 Å². The van der Waals surface area contributed by atoms with Crippen LogP contribution in [0.2, 0.25) is 0 Å². The molecule has 1 aliphatic rings. The minimum absolute atomic E-state index is 0.136. The lowest BCUT2D eigenvalue weighted by Gasteiger charge is -2.15. The van der Waals surface area contributed by atoms with E-state index in [4.69, 9.17) is 4.74 Å². The van der Waals surface area contributed by atoms with Crippen molar-refractivity contribution in [1.82, 2.24) is 4.90 Å². The van der Waals surface area contributed by atoms with Crippen molar-refractivity contribution in [2.75, 3.05) is 20.3 Å². The van der Waals surface area contributed by atoms with Crippen LogP contribution in [0.1, 0.15) is 31.1 Å². The van der Waals surface area contributed by atoms with E-state index in [0.29, 0.717) is 26.9 Å². The van der Waals surface area contributed by atoms with Crippen LogP contribution in [0.5, 0.6) is 5.75 Å². The molecule has 0 unspecified atom stereocenters. The normalized spacial score (nSPS) is 13.0. The molecule has 7 heteroatoms. The summed E-state index contributed by atoms with van der Waals surface area (Å²) in [5.74, 6) is -0.573. The maximum Gasteiger partial charge on any atom is 0.337 e. The Labute approximate surface area is 152 Å². The average molecular weight is 404 g/mol. The van der Waals surface area contributed by atoms with Crippen LogP contribution >= 0.6 is 15.9 Å². The number of fused-ring (bicyclic) bond motifs is 1. The number of nitrogens with zero attached hydrogens (tertiary/aromatic N) is 1. The number of hydrogen-bond acceptors (Lipinski definition) is 5. The molecule has 0 radical (unpaired) electrons. The summed E-state index contributed by atoms with van der Waals surface area (Å²) >= 11 is 3.33. The summed E-state index contributed by atoms with van der Waals surface area (Å²) in [5, 5.41) is 0. The standard InChI is InChI=1S/C18H14BrNO5/c1-24-18(23)11-6-7-15(14(19)10-11)25-9-8-20-16(21)12-4-2-3-5-13(12)17(20)22/h2-7,10H,8-9H2,1H3. The minimum atomic E-state index is -0.446. The third-order valence-electron chi connectivity index (χ3n) is 3.80. The lowest BCUT2D eigenvalue weighted by Crippen LogP contribution is -2.33. The first-order chi connectivity index (χ1) is 12.0. The van der Waals surface area contributed by atoms with Crippen molar-refractivity contribution in [3.05, 3.63) is 63.6 Å². The molecule has 0 spiro atoms. The van der Waals surface area contributed by atoms with Gasteiger partial charge in [-0.2, -0.15) is 0 Å². The van der Waals surface area contributed by atoms with Gasteiger partial charge in [0.25, 0.3) is 11.8 Å². The molecule has 2 amide bonds. The lowest BCUT2D eigenvalue weighted by atomic mass is 10.1. The molecule has 0 aromatic heterocycles. The molecule has 25 heavy (non-hydrogen) atoms. The largest absolute Gasteiger partial charge is 0.491 e. The highest BCUT2D eigenvalue weighted by Crippen LogP contribution is 2.27. The van der Waals surface area contributed by atoms with E-state index in [1.165, 1.54) is 12.0 Å². The number of esters is 1. The molecule has 128 valence electrons. The monoisotopic (exact) mass is 403 g/mol. The minimum Gasteiger partial charge on any atom is -0.491 e. The third kappa shape index (κ3) is 3.28. The summed E-state index contributed by atoms with van der Waals surface area (Å²) < 4.78 is 10.9. The predicted molar refractivity (Wildman–Crippen MR) is 92.8 cm³/mol. The second kappa shape index (κ2) is 7.06. The van der Waals surface area contributed by atoms with E-state index in [1.54, 1.807) is 42.5 Å². The first kappa shape index (κ1) is 17.2. The molecule has 1 aliphatic heterocycles. The number of rotatable bonds is 5. The van der Waals surface area contributed by atoms with E-state index in [2.05, 4.69) is 20.7 Å². The summed E-state index contributed by atoms with van der Waals surface area (Å²) in [5.41, 5.74) is 1.22. The summed E-state index contributed by atoms with van der Waals surface area (Å²) in [7, 11) is 1.31. The van der Waals surface area contributed by atoms with Gasteiger partial charge in [0, 0.05) is 0 Å². The van der Waals surface area contributed by atoms with Crippen molar-refractivity contribution in [3.8, 4) is 5.75 Å². The molecule has 1 heterocycles. The average Bonchev–Trinajstić information content (AvgIpc) is 2.87. The number of ether oxygens (including phenoxy) is 2. The zero-order chi connectivity index (χ0) is 18.0.